The average Bonchev–Trinajstić information content (AvgIpc) is 2.77. The molecule has 1 unspecified atom stereocenters. The summed E-state index contributed by atoms with van der Waals surface area (Å²) in [7, 11) is 0. The molecule has 2 amide bonds. The number of hydrogen-bond acceptors (Lipinski definition) is 3. The number of unbranched alkanes of at least 4 members (excludes halogenated alkanes) is 2. The fourth-order valence-corrected chi connectivity index (χ4v) is 3.55. The predicted molar refractivity (Wildman–Crippen MR) is 129 cm³/mol. The Hall–Kier alpha value is -2.66. The van der Waals surface area contributed by atoms with Crippen LogP contribution in [0.1, 0.15) is 64.5 Å². The van der Waals surface area contributed by atoms with Crippen LogP contribution in [0.15, 0.2) is 60.7 Å². The molecule has 0 aromatic heterocycles. The van der Waals surface area contributed by atoms with E-state index < -0.39 is 11.1 Å². The van der Waals surface area contributed by atoms with Crippen LogP contribution in [0, 0.1) is 5.41 Å². The minimum absolute atomic E-state index is 0.167. The van der Waals surface area contributed by atoms with Crippen LogP contribution in [-0.2, 0) is 27.4 Å². The van der Waals surface area contributed by atoms with Gasteiger partial charge in [-0.15, -0.1) is 0 Å². The summed E-state index contributed by atoms with van der Waals surface area (Å²) in [6, 6.07) is 19.7. The molecule has 174 valence electrons. The smallest absolute Gasteiger partial charge is 0.274 e. The minimum Gasteiger partial charge on any atom is -0.352 e. The summed E-state index contributed by atoms with van der Waals surface area (Å²) in [5, 5.41) is 5.98. The normalized spacial score (nSPS) is 13.2. The van der Waals surface area contributed by atoms with E-state index >= 15 is 0 Å². The first kappa shape index (κ1) is 25.6. The summed E-state index contributed by atoms with van der Waals surface area (Å²) in [5.41, 5.74) is -0.0663. The molecule has 2 N–H and O–H groups in total. The molecule has 0 radical (unpaired) electrons. The van der Waals surface area contributed by atoms with Crippen molar-refractivity contribution in [1.82, 2.24) is 10.6 Å². The van der Waals surface area contributed by atoms with Gasteiger partial charge in [0.25, 0.3) is 5.91 Å². The van der Waals surface area contributed by atoms with E-state index in [1.165, 1.54) is 0 Å². The van der Waals surface area contributed by atoms with E-state index in [1.54, 1.807) is 0 Å². The lowest BCUT2D eigenvalue weighted by molar-refractivity contribution is -0.181. The highest BCUT2D eigenvalue weighted by Gasteiger charge is 2.51. The Kier molecular flexibility index (Phi) is 9.92. The number of carbonyl (C=O) groups excluding carboxylic acids is 2. The number of rotatable bonds is 12. The monoisotopic (exact) mass is 438 g/mol. The van der Waals surface area contributed by atoms with E-state index in [4.69, 9.17) is 4.74 Å². The van der Waals surface area contributed by atoms with E-state index in [1.807, 2.05) is 81.4 Å². The van der Waals surface area contributed by atoms with Crippen molar-refractivity contribution in [3.8, 4) is 0 Å². The zero-order valence-electron chi connectivity index (χ0n) is 19.9. The van der Waals surface area contributed by atoms with Gasteiger partial charge >= 0.3 is 0 Å². The van der Waals surface area contributed by atoms with Crippen LogP contribution in [0.4, 0.5) is 0 Å². The van der Waals surface area contributed by atoms with Gasteiger partial charge in [-0.1, -0.05) is 101 Å². The number of nitrogens with one attached hydrogen (secondary N) is 2. The number of hydrogen-bond donors (Lipinski definition) is 2. The van der Waals surface area contributed by atoms with Gasteiger partial charge < -0.3 is 15.4 Å². The van der Waals surface area contributed by atoms with Crippen molar-refractivity contribution in [2.24, 2.45) is 5.41 Å². The molecule has 5 nitrogen and oxygen atoms in total. The van der Waals surface area contributed by atoms with Gasteiger partial charge in [0.2, 0.25) is 11.6 Å². The minimum atomic E-state index is -1.48. The van der Waals surface area contributed by atoms with Crippen molar-refractivity contribution in [2.45, 2.75) is 72.1 Å². The summed E-state index contributed by atoms with van der Waals surface area (Å²) in [5.74, 6) is -0.486. The van der Waals surface area contributed by atoms with Crippen LogP contribution in [0.2, 0.25) is 0 Å². The van der Waals surface area contributed by atoms with Gasteiger partial charge in [-0.25, -0.2) is 0 Å². The largest absolute Gasteiger partial charge is 0.352 e. The quantitative estimate of drug-likeness (QED) is 0.362. The molecule has 0 spiro atoms. The first-order valence-corrected chi connectivity index (χ1v) is 11.6. The molecule has 0 fully saturated rings. The standard InChI is InChI=1S/C27H38N2O3/c1-5-6-9-18-24(30)29-27(26(2,3)4,32-21-23-16-12-8-13-17-23)25(31)28-20-19-22-14-10-7-11-15-22/h7-8,10-17H,5-6,9,18-21H2,1-4H3,(H,28,31)(H,29,30). The molecule has 0 aliphatic carbocycles. The fourth-order valence-electron chi connectivity index (χ4n) is 3.55. The Morgan fingerprint density at radius 3 is 2.03 bits per heavy atom. The molecule has 5 heteroatoms. The lowest BCUT2D eigenvalue weighted by Gasteiger charge is -2.43. The Bertz CT molecular complexity index is 831. The Balaban J connectivity index is 2.19. The SMILES string of the molecule is CCCCCC(=O)NC(OCc1ccccc1)(C(=O)NCCc1ccccc1)C(C)(C)C. The van der Waals surface area contributed by atoms with Crippen molar-refractivity contribution < 1.29 is 14.3 Å². The third kappa shape index (κ3) is 7.49. The van der Waals surface area contributed by atoms with Crippen LogP contribution in [0.5, 0.6) is 0 Å². The summed E-state index contributed by atoms with van der Waals surface area (Å²) >= 11 is 0. The Labute approximate surface area is 192 Å². The molecule has 2 rings (SSSR count). The van der Waals surface area contributed by atoms with Crippen molar-refractivity contribution >= 4 is 11.8 Å². The van der Waals surface area contributed by atoms with Crippen LogP contribution >= 0.6 is 0 Å². The third-order valence-corrected chi connectivity index (χ3v) is 5.54. The first-order chi connectivity index (χ1) is 15.3. The van der Waals surface area contributed by atoms with Crippen LogP contribution in [0.3, 0.4) is 0 Å². The van der Waals surface area contributed by atoms with Crippen molar-refractivity contribution in [3.63, 3.8) is 0 Å². The molecule has 0 saturated heterocycles. The zero-order chi connectivity index (χ0) is 23.5. The molecule has 0 saturated carbocycles. The molecule has 2 aromatic rings. The summed E-state index contributed by atoms with van der Waals surface area (Å²) in [4.78, 5) is 26.4. The number of amides is 2. The van der Waals surface area contributed by atoms with E-state index in [9.17, 15) is 9.59 Å². The highest BCUT2D eigenvalue weighted by molar-refractivity contribution is 5.91. The molecule has 0 bridgehead atoms. The van der Waals surface area contributed by atoms with Crippen LogP contribution < -0.4 is 10.6 Å². The maximum atomic E-state index is 13.5. The highest BCUT2D eigenvalue weighted by atomic mass is 16.5. The van der Waals surface area contributed by atoms with Crippen molar-refractivity contribution in [3.05, 3.63) is 71.8 Å². The first-order valence-electron chi connectivity index (χ1n) is 11.6. The number of carbonyl (C=O) groups is 2. The second-order valence-corrected chi connectivity index (χ2v) is 9.20. The molecule has 0 heterocycles. The molecule has 2 aromatic carbocycles. The van der Waals surface area contributed by atoms with Gasteiger partial charge in [-0.3, -0.25) is 9.59 Å². The fraction of sp³-hybridized carbons (Fsp3) is 0.481. The molecule has 0 aliphatic rings. The van der Waals surface area contributed by atoms with Crippen molar-refractivity contribution in [2.75, 3.05) is 6.54 Å². The van der Waals surface area contributed by atoms with Gasteiger partial charge in [-0.05, 0) is 24.0 Å². The maximum Gasteiger partial charge on any atom is 0.274 e. The summed E-state index contributed by atoms with van der Waals surface area (Å²) in [6.07, 6.45) is 3.87. The lowest BCUT2D eigenvalue weighted by Crippen LogP contribution is -2.67. The van der Waals surface area contributed by atoms with Crippen LogP contribution in [0.25, 0.3) is 0 Å². The Morgan fingerprint density at radius 2 is 1.47 bits per heavy atom. The predicted octanol–water partition coefficient (Wildman–Crippen LogP) is 5.00. The van der Waals surface area contributed by atoms with Crippen molar-refractivity contribution in [1.29, 1.82) is 0 Å². The van der Waals surface area contributed by atoms with E-state index in [0.29, 0.717) is 19.4 Å². The van der Waals surface area contributed by atoms with Gasteiger partial charge in [0.15, 0.2) is 0 Å². The van der Waals surface area contributed by atoms with Gasteiger partial charge in [0.05, 0.1) is 6.61 Å². The maximum absolute atomic E-state index is 13.5. The zero-order valence-corrected chi connectivity index (χ0v) is 19.9. The second-order valence-electron chi connectivity index (χ2n) is 9.20. The van der Waals surface area contributed by atoms with Gasteiger partial charge in [-0.2, -0.15) is 0 Å². The molecule has 0 aliphatic heterocycles. The van der Waals surface area contributed by atoms with Gasteiger partial charge in [0, 0.05) is 18.4 Å². The van der Waals surface area contributed by atoms with E-state index in [0.717, 1.165) is 30.4 Å². The summed E-state index contributed by atoms with van der Waals surface area (Å²) in [6.45, 7) is 8.53. The third-order valence-electron chi connectivity index (χ3n) is 5.54. The molecular formula is C27H38N2O3. The molecule has 1 atom stereocenters. The lowest BCUT2D eigenvalue weighted by atomic mass is 9.81. The van der Waals surface area contributed by atoms with E-state index in [2.05, 4.69) is 17.6 Å². The Morgan fingerprint density at radius 1 is 0.875 bits per heavy atom. The van der Waals surface area contributed by atoms with E-state index in [-0.39, 0.29) is 18.4 Å². The second kappa shape index (κ2) is 12.4. The average molecular weight is 439 g/mol. The number of ether oxygens (including phenoxy) is 1. The highest BCUT2D eigenvalue weighted by Crippen LogP contribution is 2.33. The topological polar surface area (TPSA) is 67.4 Å². The van der Waals surface area contributed by atoms with Crippen LogP contribution in [-0.4, -0.2) is 24.1 Å². The molecule has 32 heavy (non-hydrogen) atoms. The van der Waals surface area contributed by atoms with Gasteiger partial charge in [0.1, 0.15) is 0 Å². The summed E-state index contributed by atoms with van der Waals surface area (Å²) < 4.78 is 6.28. The molecular weight excluding hydrogens is 400 g/mol. The number of benzene rings is 2.